The van der Waals surface area contributed by atoms with Crippen molar-refractivity contribution in [3.63, 3.8) is 0 Å². The maximum Gasteiger partial charge on any atom is 0.244 e. The van der Waals surface area contributed by atoms with Gasteiger partial charge in [-0.15, -0.1) is 0 Å². The standard InChI is InChI=1S/C13H21N5O/c1-9-2-3-14-11(9)13-15-12(16-19-13)10-8-17-4-6-18(10)7-5-17/h9-11,14H,2-8H2,1H3. The van der Waals surface area contributed by atoms with Crippen LogP contribution in [0.25, 0.3) is 0 Å². The fraction of sp³-hybridized carbons (Fsp3) is 0.846. The lowest BCUT2D eigenvalue weighted by atomic mass is 10.0. The topological polar surface area (TPSA) is 57.4 Å². The molecule has 1 N–H and O–H groups in total. The average Bonchev–Trinajstić information content (AvgIpc) is 3.08. The molecule has 4 aliphatic rings. The zero-order chi connectivity index (χ0) is 12.8. The van der Waals surface area contributed by atoms with E-state index in [2.05, 4.69) is 32.2 Å². The summed E-state index contributed by atoms with van der Waals surface area (Å²) in [5, 5.41) is 7.70. The van der Waals surface area contributed by atoms with Crippen molar-refractivity contribution < 1.29 is 4.52 Å². The van der Waals surface area contributed by atoms with E-state index in [0.29, 0.717) is 12.0 Å². The van der Waals surface area contributed by atoms with E-state index in [0.717, 1.165) is 37.9 Å². The Morgan fingerprint density at radius 2 is 2.11 bits per heavy atom. The molecule has 6 heteroatoms. The van der Waals surface area contributed by atoms with Crippen molar-refractivity contribution in [2.24, 2.45) is 5.92 Å². The summed E-state index contributed by atoms with van der Waals surface area (Å²) in [6.45, 7) is 8.97. The summed E-state index contributed by atoms with van der Waals surface area (Å²) in [5.41, 5.74) is 0. The highest BCUT2D eigenvalue weighted by Crippen LogP contribution is 2.31. The van der Waals surface area contributed by atoms with E-state index in [1.165, 1.54) is 19.5 Å². The number of hydrogen-bond donors (Lipinski definition) is 1. The van der Waals surface area contributed by atoms with Crippen LogP contribution in [0.1, 0.15) is 37.1 Å². The van der Waals surface area contributed by atoms with Crippen LogP contribution in [0.3, 0.4) is 0 Å². The molecule has 0 saturated carbocycles. The van der Waals surface area contributed by atoms with Gasteiger partial charge in [-0.2, -0.15) is 4.98 Å². The van der Waals surface area contributed by atoms with Gasteiger partial charge in [0.1, 0.15) is 0 Å². The average molecular weight is 263 g/mol. The molecule has 0 amide bonds. The van der Waals surface area contributed by atoms with Gasteiger partial charge < -0.3 is 9.84 Å². The highest BCUT2D eigenvalue weighted by Gasteiger charge is 2.37. The van der Waals surface area contributed by atoms with E-state index in [1.54, 1.807) is 0 Å². The Kier molecular flexibility index (Phi) is 2.82. The van der Waals surface area contributed by atoms with Crippen molar-refractivity contribution in [3.8, 4) is 0 Å². The third-order valence-corrected chi connectivity index (χ3v) is 4.83. The summed E-state index contributed by atoms with van der Waals surface area (Å²) in [4.78, 5) is 9.66. The van der Waals surface area contributed by atoms with Crippen LogP contribution in [-0.4, -0.2) is 59.2 Å². The second kappa shape index (κ2) is 4.54. The summed E-state index contributed by atoms with van der Waals surface area (Å²) in [5.74, 6) is 2.23. The van der Waals surface area contributed by atoms with Crippen LogP contribution in [0.15, 0.2) is 4.52 Å². The Bertz CT molecular complexity index is 454. The molecule has 19 heavy (non-hydrogen) atoms. The maximum absolute atomic E-state index is 5.51. The first-order chi connectivity index (χ1) is 9.31. The molecule has 4 fully saturated rings. The van der Waals surface area contributed by atoms with Crippen molar-refractivity contribution in [3.05, 3.63) is 11.7 Å². The number of rotatable bonds is 2. The maximum atomic E-state index is 5.51. The summed E-state index contributed by atoms with van der Waals surface area (Å²) in [7, 11) is 0. The summed E-state index contributed by atoms with van der Waals surface area (Å²) in [6, 6.07) is 0.578. The van der Waals surface area contributed by atoms with Crippen LogP contribution in [-0.2, 0) is 0 Å². The molecular weight excluding hydrogens is 242 g/mol. The Morgan fingerprint density at radius 1 is 1.26 bits per heavy atom. The molecule has 4 saturated heterocycles. The van der Waals surface area contributed by atoms with E-state index in [1.807, 2.05) is 0 Å². The zero-order valence-corrected chi connectivity index (χ0v) is 11.4. The lowest BCUT2D eigenvalue weighted by molar-refractivity contribution is 0.00781. The van der Waals surface area contributed by atoms with Crippen LogP contribution in [0.5, 0.6) is 0 Å². The van der Waals surface area contributed by atoms with Crippen molar-refractivity contribution >= 4 is 0 Å². The van der Waals surface area contributed by atoms with Crippen LogP contribution in [0, 0.1) is 5.92 Å². The van der Waals surface area contributed by atoms with Crippen molar-refractivity contribution in [1.82, 2.24) is 25.3 Å². The number of nitrogens with zero attached hydrogens (tertiary/aromatic N) is 4. The van der Waals surface area contributed by atoms with E-state index in [4.69, 9.17) is 4.52 Å². The second-order valence-electron chi connectivity index (χ2n) is 6.04. The largest absolute Gasteiger partial charge is 0.338 e. The minimum Gasteiger partial charge on any atom is -0.338 e. The third kappa shape index (κ3) is 1.98. The van der Waals surface area contributed by atoms with Gasteiger partial charge in [-0.25, -0.2) is 0 Å². The van der Waals surface area contributed by atoms with Crippen molar-refractivity contribution in [2.75, 3.05) is 39.3 Å². The zero-order valence-electron chi connectivity index (χ0n) is 11.4. The highest BCUT2D eigenvalue weighted by atomic mass is 16.5. The van der Waals surface area contributed by atoms with E-state index < -0.39 is 0 Å². The quantitative estimate of drug-likeness (QED) is 0.834. The first kappa shape index (κ1) is 11.8. The van der Waals surface area contributed by atoms with Gasteiger partial charge in [-0.3, -0.25) is 9.80 Å². The normalized spacial score (nSPS) is 41.8. The first-order valence-electron chi connectivity index (χ1n) is 7.34. The monoisotopic (exact) mass is 263 g/mol. The molecular formula is C13H21N5O. The lowest BCUT2D eigenvalue weighted by Gasteiger charge is -2.46. The minimum absolute atomic E-state index is 0.248. The van der Waals surface area contributed by atoms with Gasteiger partial charge in [0, 0.05) is 32.7 Å². The first-order valence-corrected chi connectivity index (χ1v) is 7.34. The number of nitrogens with one attached hydrogen (secondary N) is 1. The molecule has 1 aromatic heterocycles. The van der Waals surface area contributed by atoms with Crippen LogP contribution < -0.4 is 5.32 Å². The van der Waals surface area contributed by atoms with Crippen LogP contribution in [0.2, 0.25) is 0 Å². The summed E-state index contributed by atoms with van der Waals surface area (Å²) >= 11 is 0. The third-order valence-electron chi connectivity index (χ3n) is 4.83. The molecule has 5 rings (SSSR count). The molecule has 1 aromatic rings. The molecule has 0 aromatic carbocycles. The molecule has 104 valence electrons. The van der Waals surface area contributed by atoms with E-state index in [-0.39, 0.29) is 6.04 Å². The Balaban J connectivity index is 1.55. The molecule has 5 heterocycles. The SMILES string of the molecule is CC1CCNC1c1nc(C2CN3CCN2CC3)no1. The molecule has 6 nitrogen and oxygen atoms in total. The van der Waals surface area contributed by atoms with Gasteiger partial charge in [-0.05, 0) is 18.9 Å². The van der Waals surface area contributed by atoms with Gasteiger partial charge in [0.15, 0.2) is 5.82 Å². The minimum atomic E-state index is 0.248. The fourth-order valence-electron chi connectivity index (χ4n) is 3.54. The lowest BCUT2D eigenvalue weighted by Crippen LogP contribution is -2.57. The Morgan fingerprint density at radius 3 is 2.74 bits per heavy atom. The number of fused-ring (bicyclic) bond motifs is 3. The fourth-order valence-corrected chi connectivity index (χ4v) is 3.54. The molecule has 0 radical (unpaired) electrons. The van der Waals surface area contributed by atoms with Crippen molar-refractivity contribution in [2.45, 2.75) is 25.4 Å². The smallest absolute Gasteiger partial charge is 0.244 e. The molecule has 0 spiro atoms. The van der Waals surface area contributed by atoms with Crippen LogP contribution in [0.4, 0.5) is 0 Å². The molecule has 3 unspecified atom stereocenters. The number of hydrogen-bond acceptors (Lipinski definition) is 6. The number of piperazine rings is 3. The van der Waals surface area contributed by atoms with Gasteiger partial charge >= 0.3 is 0 Å². The highest BCUT2D eigenvalue weighted by molar-refractivity contribution is 5.04. The summed E-state index contributed by atoms with van der Waals surface area (Å²) in [6.07, 6.45) is 1.19. The van der Waals surface area contributed by atoms with Gasteiger partial charge in [0.2, 0.25) is 5.89 Å². The van der Waals surface area contributed by atoms with Crippen LogP contribution >= 0.6 is 0 Å². The Labute approximate surface area is 113 Å². The molecule has 2 bridgehead atoms. The van der Waals surface area contributed by atoms with Crippen molar-refractivity contribution in [1.29, 1.82) is 0 Å². The predicted molar refractivity (Wildman–Crippen MR) is 69.6 cm³/mol. The summed E-state index contributed by atoms with van der Waals surface area (Å²) < 4.78 is 5.51. The second-order valence-corrected chi connectivity index (χ2v) is 6.04. The molecule has 0 aliphatic carbocycles. The molecule has 4 aliphatic heterocycles. The van der Waals surface area contributed by atoms with Gasteiger partial charge in [0.25, 0.3) is 0 Å². The van der Waals surface area contributed by atoms with E-state index in [9.17, 15) is 0 Å². The Hall–Kier alpha value is -0.980. The van der Waals surface area contributed by atoms with Gasteiger partial charge in [0.05, 0.1) is 12.1 Å². The number of aromatic nitrogens is 2. The van der Waals surface area contributed by atoms with E-state index >= 15 is 0 Å². The van der Waals surface area contributed by atoms with Gasteiger partial charge in [-0.1, -0.05) is 12.1 Å². The predicted octanol–water partition coefficient (Wildman–Crippen LogP) is 0.412. The molecule has 3 atom stereocenters.